The Kier molecular flexibility index (Phi) is 5.01. The summed E-state index contributed by atoms with van der Waals surface area (Å²) in [5.41, 5.74) is 0. The molecular formula is C10H20N2O3. The number of carbonyl (C=O) groups is 1. The number of likely N-dealkylation sites (tertiary alicyclic amines) is 1. The minimum atomic E-state index is -0.763. The lowest BCUT2D eigenvalue weighted by Gasteiger charge is -2.26. The molecule has 1 N–H and O–H groups in total. The number of rotatable bonds is 6. The van der Waals surface area contributed by atoms with Gasteiger partial charge in [-0.15, -0.1) is 0 Å². The van der Waals surface area contributed by atoms with Gasteiger partial charge in [-0.05, 0) is 20.0 Å². The normalized spacial score (nSPS) is 22.5. The summed E-state index contributed by atoms with van der Waals surface area (Å²) < 4.78 is 4.99. The van der Waals surface area contributed by atoms with Crippen molar-refractivity contribution in [3.63, 3.8) is 0 Å². The highest BCUT2D eigenvalue weighted by Crippen LogP contribution is 2.13. The zero-order chi connectivity index (χ0) is 11.3. The summed E-state index contributed by atoms with van der Waals surface area (Å²) in [6.07, 6.45) is 1.05. The van der Waals surface area contributed by atoms with Crippen LogP contribution in [0.15, 0.2) is 0 Å². The van der Waals surface area contributed by atoms with E-state index in [2.05, 4.69) is 11.9 Å². The van der Waals surface area contributed by atoms with E-state index in [-0.39, 0.29) is 6.54 Å². The summed E-state index contributed by atoms with van der Waals surface area (Å²) in [4.78, 5) is 14.9. The van der Waals surface area contributed by atoms with Crippen LogP contribution in [0, 0.1) is 0 Å². The molecule has 0 spiro atoms. The molecule has 0 aromatic heterocycles. The molecule has 0 saturated carbocycles. The van der Waals surface area contributed by atoms with Gasteiger partial charge in [0.2, 0.25) is 0 Å². The summed E-state index contributed by atoms with van der Waals surface area (Å²) in [5.74, 6) is -0.763. The predicted octanol–water partition coefficient (Wildman–Crippen LogP) is -0.276. The van der Waals surface area contributed by atoms with Gasteiger partial charge in [-0.25, -0.2) is 0 Å². The van der Waals surface area contributed by atoms with Gasteiger partial charge in [-0.1, -0.05) is 0 Å². The fourth-order valence-corrected chi connectivity index (χ4v) is 1.98. The number of hydrogen-bond donors (Lipinski definition) is 1. The van der Waals surface area contributed by atoms with Crippen LogP contribution in [0.2, 0.25) is 0 Å². The minimum Gasteiger partial charge on any atom is -0.480 e. The molecule has 1 heterocycles. The third kappa shape index (κ3) is 4.15. The zero-order valence-corrected chi connectivity index (χ0v) is 9.48. The molecule has 1 fully saturated rings. The highest BCUT2D eigenvalue weighted by atomic mass is 16.5. The average molecular weight is 216 g/mol. The average Bonchev–Trinajstić information content (AvgIpc) is 2.58. The Balaban J connectivity index is 2.43. The van der Waals surface area contributed by atoms with E-state index in [1.807, 2.05) is 4.90 Å². The van der Waals surface area contributed by atoms with E-state index in [9.17, 15) is 4.79 Å². The van der Waals surface area contributed by atoms with Crippen molar-refractivity contribution in [1.29, 1.82) is 0 Å². The Hall–Kier alpha value is -0.650. The van der Waals surface area contributed by atoms with Crippen molar-refractivity contribution >= 4 is 5.97 Å². The van der Waals surface area contributed by atoms with Crippen LogP contribution in [-0.4, -0.2) is 73.9 Å². The molecule has 0 aromatic rings. The maximum atomic E-state index is 10.7. The molecular weight excluding hydrogens is 196 g/mol. The van der Waals surface area contributed by atoms with E-state index in [1.165, 1.54) is 0 Å². The number of methoxy groups -OCH3 is 1. The first-order valence-corrected chi connectivity index (χ1v) is 5.27. The molecule has 0 aromatic carbocycles. The van der Waals surface area contributed by atoms with Crippen LogP contribution in [0.5, 0.6) is 0 Å². The van der Waals surface area contributed by atoms with Crippen molar-refractivity contribution in [3.05, 3.63) is 0 Å². The topological polar surface area (TPSA) is 53.0 Å². The number of carboxylic acids is 1. The summed E-state index contributed by atoms with van der Waals surface area (Å²) in [6.45, 7) is 3.40. The Morgan fingerprint density at radius 1 is 1.67 bits per heavy atom. The van der Waals surface area contributed by atoms with Gasteiger partial charge in [0.05, 0.1) is 13.2 Å². The number of likely N-dealkylation sites (N-methyl/N-ethyl adjacent to an activating group) is 1. The fourth-order valence-electron chi connectivity index (χ4n) is 1.98. The van der Waals surface area contributed by atoms with E-state index in [0.717, 1.165) is 19.5 Å². The van der Waals surface area contributed by atoms with Crippen LogP contribution < -0.4 is 0 Å². The highest BCUT2D eigenvalue weighted by Gasteiger charge is 2.26. The quantitative estimate of drug-likeness (QED) is 0.662. The summed E-state index contributed by atoms with van der Waals surface area (Å²) in [5, 5.41) is 8.81. The second-order valence-corrected chi connectivity index (χ2v) is 4.06. The number of nitrogens with zero attached hydrogens (tertiary/aromatic N) is 2. The first-order chi connectivity index (χ1) is 7.13. The fraction of sp³-hybridized carbons (Fsp3) is 0.900. The second kappa shape index (κ2) is 6.05. The van der Waals surface area contributed by atoms with Gasteiger partial charge in [0.1, 0.15) is 0 Å². The van der Waals surface area contributed by atoms with Gasteiger partial charge in [-0.3, -0.25) is 9.69 Å². The molecule has 1 atom stereocenters. The van der Waals surface area contributed by atoms with Gasteiger partial charge in [0.25, 0.3) is 0 Å². The molecule has 0 radical (unpaired) electrons. The molecule has 0 aliphatic carbocycles. The molecule has 1 saturated heterocycles. The second-order valence-electron chi connectivity index (χ2n) is 4.06. The van der Waals surface area contributed by atoms with Crippen LogP contribution in [-0.2, 0) is 9.53 Å². The van der Waals surface area contributed by atoms with Gasteiger partial charge < -0.3 is 14.7 Å². The maximum absolute atomic E-state index is 10.7. The molecule has 0 bridgehead atoms. The smallest absolute Gasteiger partial charge is 0.317 e. The standard InChI is InChI=1S/C10H20N2O3/c1-11-4-3-9(7-11)12(5-6-15-2)8-10(13)14/h9H,3-8H2,1-2H3,(H,13,14). The Morgan fingerprint density at radius 2 is 2.40 bits per heavy atom. The van der Waals surface area contributed by atoms with Gasteiger partial charge in [-0.2, -0.15) is 0 Å². The van der Waals surface area contributed by atoms with Gasteiger partial charge in [0.15, 0.2) is 0 Å². The number of ether oxygens (including phenoxy) is 1. The Bertz CT molecular complexity index is 211. The third-order valence-corrected chi connectivity index (χ3v) is 2.80. The summed E-state index contributed by atoms with van der Waals surface area (Å²) in [7, 11) is 3.70. The largest absolute Gasteiger partial charge is 0.480 e. The van der Waals surface area contributed by atoms with E-state index in [0.29, 0.717) is 19.2 Å². The zero-order valence-electron chi connectivity index (χ0n) is 9.48. The number of hydrogen-bond acceptors (Lipinski definition) is 4. The van der Waals surface area contributed by atoms with Gasteiger partial charge in [0, 0.05) is 26.2 Å². The molecule has 5 heteroatoms. The van der Waals surface area contributed by atoms with Gasteiger partial charge >= 0.3 is 5.97 Å². The summed E-state index contributed by atoms with van der Waals surface area (Å²) >= 11 is 0. The first kappa shape index (κ1) is 12.4. The lowest BCUT2D eigenvalue weighted by molar-refractivity contribution is -0.139. The molecule has 1 rings (SSSR count). The van der Waals surface area contributed by atoms with Crippen molar-refractivity contribution in [3.8, 4) is 0 Å². The lowest BCUT2D eigenvalue weighted by atomic mass is 10.2. The highest BCUT2D eigenvalue weighted by molar-refractivity contribution is 5.69. The van der Waals surface area contributed by atoms with Crippen LogP contribution in [0.4, 0.5) is 0 Å². The van der Waals surface area contributed by atoms with Crippen LogP contribution >= 0.6 is 0 Å². The monoisotopic (exact) mass is 216 g/mol. The molecule has 5 nitrogen and oxygen atoms in total. The molecule has 1 unspecified atom stereocenters. The van der Waals surface area contributed by atoms with Crippen molar-refractivity contribution in [2.75, 3.05) is 46.9 Å². The number of aliphatic carboxylic acids is 1. The van der Waals surface area contributed by atoms with Crippen molar-refractivity contribution < 1.29 is 14.6 Å². The first-order valence-electron chi connectivity index (χ1n) is 5.27. The molecule has 88 valence electrons. The Morgan fingerprint density at radius 3 is 2.87 bits per heavy atom. The van der Waals surface area contributed by atoms with Crippen LogP contribution in [0.1, 0.15) is 6.42 Å². The lowest BCUT2D eigenvalue weighted by Crippen LogP contribution is -2.42. The SMILES string of the molecule is COCCN(CC(=O)O)C1CCN(C)C1. The van der Waals surface area contributed by atoms with E-state index >= 15 is 0 Å². The van der Waals surface area contributed by atoms with Crippen LogP contribution in [0.25, 0.3) is 0 Å². The summed E-state index contributed by atoms with van der Waals surface area (Å²) in [6, 6.07) is 0.362. The van der Waals surface area contributed by atoms with E-state index in [1.54, 1.807) is 7.11 Å². The van der Waals surface area contributed by atoms with Crippen LogP contribution in [0.3, 0.4) is 0 Å². The molecule has 0 amide bonds. The van der Waals surface area contributed by atoms with E-state index in [4.69, 9.17) is 9.84 Å². The molecule has 1 aliphatic rings. The van der Waals surface area contributed by atoms with Crippen molar-refractivity contribution in [2.24, 2.45) is 0 Å². The maximum Gasteiger partial charge on any atom is 0.317 e. The number of carboxylic acid groups (broad SMARTS) is 1. The minimum absolute atomic E-state index is 0.113. The molecule has 1 aliphatic heterocycles. The van der Waals surface area contributed by atoms with Crippen molar-refractivity contribution in [1.82, 2.24) is 9.80 Å². The van der Waals surface area contributed by atoms with E-state index < -0.39 is 5.97 Å². The van der Waals surface area contributed by atoms with Crippen molar-refractivity contribution in [2.45, 2.75) is 12.5 Å². The third-order valence-electron chi connectivity index (χ3n) is 2.80. The Labute approximate surface area is 90.6 Å². The predicted molar refractivity (Wildman–Crippen MR) is 57.0 cm³/mol. The molecule has 15 heavy (non-hydrogen) atoms.